The Balaban J connectivity index is 1.91. The van der Waals surface area contributed by atoms with E-state index in [1.54, 1.807) is 0 Å². The maximum Gasteiger partial charge on any atom is 0.337 e. The molecule has 0 atom stereocenters. The second kappa shape index (κ2) is 8.69. The molecule has 3 rings (SSSR count). The molecule has 0 fully saturated rings. The standard InChI is InChI=1S/C20H16N2O8S2/c23-19(24)13-5-3-7-15(11-13)31(27,28)21-14-6-4-8-16(12-14)32(29,30)22-18-10-2-1-9-17(18)20(25)26/h1-12,21-22H,(H,23,24)(H,25,26). The molecule has 12 heteroatoms. The Morgan fingerprint density at radius 1 is 0.656 bits per heavy atom. The average molecular weight is 476 g/mol. The highest BCUT2D eigenvalue weighted by molar-refractivity contribution is 7.93. The van der Waals surface area contributed by atoms with Crippen LogP contribution in [0, 0.1) is 0 Å². The topological polar surface area (TPSA) is 167 Å². The van der Waals surface area contributed by atoms with Gasteiger partial charge in [-0.1, -0.05) is 24.3 Å². The third-order valence-electron chi connectivity index (χ3n) is 4.19. The van der Waals surface area contributed by atoms with Crippen LogP contribution in [0.25, 0.3) is 0 Å². The molecule has 0 bridgehead atoms. The Morgan fingerprint density at radius 3 is 1.91 bits per heavy atom. The predicted octanol–water partition coefficient (Wildman–Crippen LogP) is 2.68. The summed E-state index contributed by atoms with van der Waals surface area (Å²) in [6.45, 7) is 0. The van der Waals surface area contributed by atoms with Gasteiger partial charge < -0.3 is 10.2 Å². The van der Waals surface area contributed by atoms with Crippen LogP contribution in [-0.4, -0.2) is 39.0 Å². The highest BCUT2D eigenvalue weighted by Crippen LogP contribution is 2.24. The van der Waals surface area contributed by atoms with Crippen LogP contribution < -0.4 is 9.44 Å². The van der Waals surface area contributed by atoms with Crippen molar-refractivity contribution in [2.45, 2.75) is 9.79 Å². The first kappa shape index (κ1) is 22.8. The number of carboxylic acids is 2. The second-order valence-electron chi connectivity index (χ2n) is 6.42. The predicted molar refractivity (Wildman–Crippen MR) is 115 cm³/mol. The molecule has 0 aliphatic carbocycles. The van der Waals surface area contributed by atoms with Gasteiger partial charge in [0, 0.05) is 0 Å². The minimum atomic E-state index is -4.26. The van der Waals surface area contributed by atoms with Crippen LogP contribution in [0.2, 0.25) is 0 Å². The summed E-state index contributed by atoms with van der Waals surface area (Å²) in [5, 5.41) is 18.3. The fourth-order valence-corrected chi connectivity index (χ4v) is 4.92. The number of nitrogens with one attached hydrogen (secondary N) is 2. The Bertz CT molecular complexity index is 1420. The molecule has 0 saturated carbocycles. The highest BCUT2D eigenvalue weighted by atomic mass is 32.2. The van der Waals surface area contributed by atoms with E-state index in [0.717, 1.165) is 12.1 Å². The number of benzene rings is 3. The third kappa shape index (κ3) is 5.04. The molecule has 0 amide bonds. The molecule has 0 radical (unpaired) electrons. The smallest absolute Gasteiger partial charge is 0.337 e. The van der Waals surface area contributed by atoms with Gasteiger partial charge in [-0.3, -0.25) is 9.44 Å². The average Bonchev–Trinajstić information content (AvgIpc) is 2.73. The first-order valence-electron chi connectivity index (χ1n) is 8.81. The van der Waals surface area contributed by atoms with E-state index in [9.17, 15) is 31.5 Å². The number of rotatable bonds is 8. The Morgan fingerprint density at radius 2 is 1.25 bits per heavy atom. The van der Waals surface area contributed by atoms with E-state index in [2.05, 4.69) is 9.44 Å². The van der Waals surface area contributed by atoms with Crippen LogP contribution in [0.4, 0.5) is 11.4 Å². The van der Waals surface area contributed by atoms with Crippen molar-refractivity contribution in [1.29, 1.82) is 0 Å². The molecule has 4 N–H and O–H groups in total. The van der Waals surface area contributed by atoms with E-state index in [1.807, 2.05) is 0 Å². The summed E-state index contributed by atoms with van der Waals surface area (Å²) in [5.74, 6) is -2.63. The summed E-state index contributed by atoms with van der Waals surface area (Å²) in [5.41, 5.74) is -0.742. The molecule has 32 heavy (non-hydrogen) atoms. The zero-order chi connectivity index (χ0) is 23.5. The number of carbonyl (C=O) groups is 2. The normalized spacial score (nSPS) is 11.5. The molecule has 0 aromatic heterocycles. The molecule has 0 unspecified atom stereocenters. The molecule has 10 nitrogen and oxygen atoms in total. The zero-order valence-electron chi connectivity index (χ0n) is 16.1. The van der Waals surface area contributed by atoms with Crippen molar-refractivity contribution in [1.82, 2.24) is 0 Å². The lowest BCUT2D eigenvalue weighted by atomic mass is 10.2. The Labute approximate surface area is 183 Å². The molecular weight excluding hydrogens is 460 g/mol. The van der Waals surface area contributed by atoms with Crippen molar-refractivity contribution in [3.8, 4) is 0 Å². The van der Waals surface area contributed by atoms with E-state index < -0.39 is 32.0 Å². The fraction of sp³-hybridized carbons (Fsp3) is 0. The minimum absolute atomic E-state index is 0.0971. The number of hydrogen-bond donors (Lipinski definition) is 4. The minimum Gasteiger partial charge on any atom is -0.478 e. The van der Waals surface area contributed by atoms with Gasteiger partial charge in [0.2, 0.25) is 0 Å². The van der Waals surface area contributed by atoms with Crippen LogP contribution in [0.1, 0.15) is 20.7 Å². The van der Waals surface area contributed by atoms with Gasteiger partial charge in [0.1, 0.15) is 0 Å². The van der Waals surface area contributed by atoms with E-state index in [0.29, 0.717) is 0 Å². The van der Waals surface area contributed by atoms with Crippen molar-refractivity contribution >= 4 is 43.4 Å². The number of para-hydroxylation sites is 1. The van der Waals surface area contributed by atoms with Crippen LogP contribution in [-0.2, 0) is 20.0 Å². The van der Waals surface area contributed by atoms with Gasteiger partial charge in [0.15, 0.2) is 0 Å². The highest BCUT2D eigenvalue weighted by Gasteiger charge is 2.21. The molecule has 0 saturated heterocycles. The molecule has 3 aromatic rings. The SMILES string of the molecule is O=C(O)c1cccc(S(=O)(=O)Nc2cccc(S(=O)(=O)Nc3ccccc3C(=O)O)c2)c1. The van der Waals surface area contributed by atoms with Gasteiger partial charge in [-0.25, -0.2) is 26.4 Å². The molecular formula is C20H16N2O8S2. The Kier molecular flexibility index (Phi) is 6.18. The number of hydrogen-bond acceptors (Lipinski definition) is 6. The van der Waals surface area contributed by atoms with E-state index in [1.165, 1.54) is 60.7 Å². The first-order valence-corrected chi connectivity index (χ1v) is 11.8. The largest absolute Gasteiger partial charge is 0.478 e. The van der Waals surface area contributed by atoms with Crippen molar-refractivity contribution in [3.05, 3.63) is 83.9 Å². The van der Waals surface area contributed by atoms with Gasteiger partial charge >= 0.3 is 11.9 Å². The van der Waals surface area contributed by atoms with Crippen LogP contribution in [0.5, 0.6) is 0 Å². The lowest BCUT2D eigenvalue weighted by Gasteiger charge is -2.12. The van der Waals surface area contributed by atoms with Crippen molar-refractivity contribution in [2.75, 3.05) is 9.44 Å². The summed E-state index contributed by atoms with van der Waals surface area (Å²) in [4.78, 5) is 21.7. The van der Waals surface area contributed by atoms with Crippen molar-refractivity contribution in [2.24, 2.45) is 0 Å². The molecule has 0 aliphatic rings. The Hall–Kier alpha value is -3.90. The van der Waals surface area contributed by atoms with E-state index >= 15 is 0 Å². The monoisotopic (exact) mass is 476 g/mol. The van der Waals surface area contributed by atoms with Crippen molar-refractivity contribution < 1.29 is 36.6 Å². The molecule has 0 spiro atoms. The molecule has 3 aromatic carbocycles. The molecule has 0 aliphatic heterocycles. The summed E-state index contributed by atoms with van der Waals surface area (Å²) in [6, 6.07) is 14.9. The second-order valence-corrected chi connectivity index (χ2v) is 9.79. The van der Waals surface area contributed by atoms with Gasteiger partial charge in [0.25, 0.3) is 20.0 Å². The number of anilines is 2. The summed E-state index contributed by atoms with van der Waals surface area (Å²) in [6.07, 6.45) is 0. The fourth-order valence-electron chi connectivity index (χ4n) is 2.70. The molecule has 0 heterocycles. The van der Waals surface area contributed by atoms with E-state index in [4.69, 9.17) is 5.11 Å². The maximum atomic E-state index is 12.7. The summed E-state index contributed by atoms with van der Waals surface area (Å²) >= 11 is 0. The maximum absolute atomic E-state index is 12.7. The van der Waals surface area contributed by atoms with Gasteiger partial charge in [-0.15, -0.1) is 0 Å². The van der Waals surface area contributed by atoms with Crippen LogP contribution >= 0.6 is 0 Å². The van der Waals surface area contributed by atoms with Crippen LogP contribution in [0.15, 0.2) is 82.6 Å². The summed E-state index contributed by atoms with van der Waals surface area (Å²) < 4.78 is 55.1. The van der Waals surface area contributed by atoms with Gasteiger partial charge in [0.05, 0.1) is 32.3 Å². The first-order chi connectivity index (χ1) is 15.0. The lowest BCUT2D eigenvalue weighted by molar-refractivity contribution is 0.0686. The molecule has 166 valence electrons. The zero-order valence-corrected chi connectivity index (χ0v) is 17.7. The number of aromatic carboxylic acids is 2. The number of sulfonamides is 2. The van der Waals surface area contributed by atoms with Gasteiger partial charge in [-0.2, -0.15) is 0 Å². The number of carboxylic acid groups (broad SMARTS) is 2. The lowest BCUT2D eigenvalue weighted by Crippen LogP contribution is -2.17. The van der Waals surface area contributed by atoms with Crippen molar-refractivity contribution in [3.63, 3.8) is 0 Å². The van der Waals surface area contributed by atoms with Crippen LogP contribution in [0.3, 0.4) is 0 Å². The third-order valence-corrected chi connectivity index (χ3v) is 6.93. The summed E-state index contributed by atoms with van der Waals surface area (Å²) in [7, 11) is -8.47. The quantitative estimate of drug-likeness (QED) is 0.385. The van der Waals surface area contributed by atoms with Gasteiger partial charge in [-0.05, 0) is 48.5 Å². The van der Waals surface area contributed by atoms with E-state index in [-0.39, 0.29) is 32.3 Å².